The first kappa shape index (κ1) is 19.0. The topological polar surface area (TPSA) is 79.2 Å². The minimum atomic E-state index is -1.06. The van der Waals surface area contributed by atoms with E-state index in [2.05, 4.69) is 11.4 Å². The Morgan fingerprint density at radius 1 is 1.22 bits per heavy atom. The van der Waals surface area contributed by atoms with Crippen LogP contribution in [0.25, 0.3) is 0 Å². The molecule has 0 radical (unpaired) electrons. The molecule has 1 aliphatic rings. The summed E-state index contributed by atoms with van der Waals surface area (Å²) >= 11 is 1.37. The molecule has 0 bridgehead atoms. The van der Waals surface area contributed by atoms with Gasteiger partial charge in [-0.3, -0.25) is 4.79 Å². The highest BCUT2D eigenvalue weighted by Crippen LogP contribution is 2.36. The van der Waals surface area contributed by atoms with Gasteiger partial charge >= 0.3 is 5.97 Å². The summed E-state index contributed by atoms with van der Waals surface area (Å²) in [5.74, 6) is -3.57. The number of benzene rings is 1. The Labute approximate surface area is 158 Å². The van der Waals surface area contributed by atoms with Gasteiger partial charge in [-0.15, -0.1) is 11.3 Å². The summed E-state index contributed by atoms with van der Waals surface area (Å²) in [6, 6.07) is 4.59. The summed E-state index contributed by atoms with van der Waals surface area (Å²) in [6.07, 6.45) is 4.86. The Morgan fingerprint density at radius 3 is 2.74 bits per heavy atom. The van der Waals surface area contributed by atoms with E-state index in [1.165, 1.54) is 11.3 Å². The lowest BCUT2D eigenvalue weighted by atomic mass is 10.1. The Bertz CT molecular complexity index is 934. The molecule has 1 heterocycles. The van der Waals surface area contributed by atoms with Crippen molar-refractivity contribution in [1.82, 2.24) is 0 Å². The Kier molecular flexibility index (Phi) is 5.81. The standard InChI is InChI=1S/C19H16F2N2O3S/c20-11-6-7-13(15(21)8-11)19(25)26-10-17(24)23-18-14(9-22)12-4-2-1-3-5-16(12)27-18/h6-8H,1-5,10H2,(H,23,24). The van der Waals surface area contributed by atoms with Gasteiger partial charge in [0, 0.05) is 10.9 Å². The first-order valence-electron chi connectivity index (χ1n) is 8.46. The van der Waals surface area contributed by atoms with Gasteiger partial charge in [-0.1, -0.05) is 6.42 Å². The number of nitriles is 1. The van der Waals surface area contributed by atoms with Crippen LogP contribution in [0.4, 0.5) is 13.8 Å². The second kappa shape index (κ2) is 8.27. The van der Waals surface area contributed by atoms with Crippen molar-refractivity contribution in [3.05, 3.63) is 51.4 Å². The number of anilines is 1. The predicted molar refractivity (Wildman–Crippen MR) is 95.6 cm³/mol. The zero-order valence-electron chi connectivity index (χ0n) is 14.3. The zero-order chi connectivity index (χ0) is 19.4. The number of halogens is 2. The molecule has 0 aliphatic heterocycles. The van der Waals surface area contributed by atoms with Gasteiger partial charge in [0.05, 0.1) is 11.1 Å². The number of ether oxygens (including phenoxy) is 1. The van der Waals surface area contributed by atoms with Crippen molar-refractivity contribution in [1.29, 1.82) is 5.26 Å². The van der Waals surface area contributed by atoms with E-state index in [9.17, 15) is 23.6 Å². The third-order valence-electron chi connectivity index (χ3n) is 4.27. The van der Waals surface area contributed by atoms with Crippen LogP contribution in [0.5, 0.6) is 0 Å². The number of fused-ring (bicyclic) bond motifs is 1. The van der Waals surface area contributed by atoms with Crippen molar-refractivity contribution < 1.29 is 23.1 Å². The lowest BCUT2D eigenvalue weighted by Gasteiger charge is -2.06. The quantitative estimate of drug-likeness (QED) is 0.633. The highest BCUT2D eigenvalue weighted by molar-refractivity contribution is 7.16. The molecule has 1 amide bonds. The average molecular weight is 390 g/mol. The summed E-state index contributed by atoms with van der Waals surface area (Å²) in [6.45, 7) is -0.636. The zero-order valence-corrected chi connectivity index (χ0v) is 15.1. The number of aryl methyl sites for hydroxylation is 1. The maximum Gasteiger partial charge on any atom is 0.341 e. The van der Waals surface area contributed by atoms with Crippen molar-refractivity contribution in [2.45, 2.75) is 32.1 Å². The minimum Gasteiger partial charge on any atom is -0.452 e. The van der Waals surface area contributed by atoms with Crippen LogP contribution in [-0.4, -0.2) is 18.5 Å². The number of carbonyl (C=O) groups is 2. The summed E-state index contributed by atoms with van der Waals surface area (Å²) in [5.41, 5.74) is 0.992. The van der Waals surface area contributed by atoms with E-state index in [1.807, 2.05) is 0 Å². The molecule has 0 saturated heterocycles. The number of esters is 1. The van der Waals surface area contributed by atoms with Crippen LogP contribution < -0.4 is 5.32 Å². The number of rotatable bonds is 4. The SMILES string of the molecule is N#Cc1c(NC(=O)COC(=O)c2ccc(F)cc2F)sc2c1CCCCC2. The summed E-state index contributed by atoms with van der Waals surface area (Å²) in [7, 11) is 0. The molecule has 1 aliphatic carbocycles. The van der Waals surface area contributed by atoms with Gasteiger partial charge in [-0.25, -0.2) is 13.6 Å². The average Bonchev–Trinajstić information content (AvgIpc) is 2.79. The van der Waals surface area contributed by atoms with Crippen LogP contribution in [0.1, 0.15) is 45.6 Å². The highest BCUT2D eigenvalue weighted by atomic mass is 32.1. The molecule has 2 aromatic rings. The second-order valence-corrected chi connectivity index (χ2v) is 7.23. The third kappa shape index (κ3) is 4.31. The van der Waals surface area contributed by atoms with E-state index in [4.69, 9.17) is 4.74 Å². The monoisotopic (exact) mass is 390 g/mol. The lowest BCUT2D eigenvalue weighted by molar-refractivity contribution is -0.119. The molecule has 1 aromatic heterocycles. The van der Waals surface area contributed by atoms with E-state index >= 15 is 0 Å². The number of hydrogen-bond donors (Lipinski definition) is 1. The number of thiophene rings is 1. The Hall–Kier alpha value is -2.79. The number of carbonyl (C=O) groups excluding carboxylic acids is 2. The molecule has 5 nitrogen and oxygen atoms in total. The number of hydrogen-bond acceptors (Lipinski definition) is 5. The smallest absolute Gasteiger partial charge is 0.341 e. The largest absolute Gasteiger partial charge is 0.452 e. The molecular formula is C19H16F2N2O3S. The highest BCUT2D eigenvalue weighted by Gasteiger charge is 2.22. The van der Waals surface area contributed by atoms with Crippen molar-refractivity contribution in [2.75, 3.05) is 11.9 Å². The summed E-state index contributed by atoms with van der Waals surface area (Å²) < 4.78 is 31.2. The summed E-state index contributed by atoms with van der Waals surface area (Å²) in [5, 5.41) is 12.5. The van der Waals surface area contributed by atoms with Gasteiger partial charge in [0.15, 0.2) is 6.61 Å². The van der Waals surface area contributed by atoms with Gasteiger partial charge in [0.1, 0.15) is 22.7 Å². The van der Waals surface area contributed by atoms with Crippen LogP contribution in [0.2, 0.25) is 0 Å². The van der Waals surface area contributed by atoms with Crippen molar-refractivity contribution >= 4 is 28.2 Å². The van der Waals surface area contributed by atoms with Crippen molar-refractivity contribution in [2.24, 2.45) is 0 Å². The Balaban J connectivity index is 1.64. The van der Waals surface area contributed by atoms with E-state index in [0.29, 0.717) is 16.6 Å². The molecular weight excluding hydrogens is 374 g/mol. The fraction of sp³-hybridized carbons (Fsp3) is 0.316. The number of nitrogens with one attached hydrogen (secondary N) is 1. The molecule has 3 rings (SSSR count). The van der Waals surface area contributed by atoms with Crippen LogP contribution in [0.15, 0.2) is 18.2 Å². The lowest BCUT2D eigenvalue weighted by Crippen LogP contribution is -2.21. The molecule has 8 heteroatoms. The van der Waals surface area contributed by atoms with E-state index in [0.717, 1.165) is 54.7 Å². The molecule has 0 spiro atoms. The van der Waals surface area contributed by atoms with Gasteiger partial charge in [-0.05, 0) is 43.4 Å². The third-order valence-corrected chi connectivity index (χ3v) is 5.48. The van der Waals surface area contributed by atoms with E-state index in [1.54, 1.807) is 0 Å². The molecule has 1 N–H and O–H groups in total. The van der Waals surface area contributed by atoms with Crippen molar-refractivity contribution in [3.63, 3.8) is 0 Å². The fourth-order valence-electron chi connectivity index (χ4n) is 2.98. The number of nitrogens with zero attached hydrogens (tertiary/aromatic N) is 1. The predicted octanol–water partition coefficient (Wildman–Crippen LogP) is 3.96. The first-order valence-corrected chi connectivity index (χ1v) is 9.28. The molecule has 27 heavy (non-hydrogen) atoms. The fourth-order valence-corrected chi connectivity index (χ4v) is 4.23. The maximum atomic E-state index is 13.6. The molecule has 0 unspecified atom stereocenters. The minimum absolute atomic E-state index is 0.443. The second-order valence-electron chi connectivity index (χ2n) is 6.13. The molecule has 0 saturated carbocycles. The van der Waals surface area contributed by atoms with Gasteiger partial charge < -0.3 is 10.1 Å². The molecule has 0 atom stereocenters. The van der Waals surface area contributed by atoms with E-state index in [-0.39, 0.29) is 0 Å². The van der Waals surface area contributed by atoms with Crippen LogP contribution >= 0.6 is 11.3 Å². The maximum absolute atomic E-state index is 13.6. The van der Waals surface area contributed by atoms with Crippen LogP contribution in [-0.2, 0) is 22.4 Å². The molecule has 140 valence electrons. The summed E-state index contributed by atoms with van der Waals surface area (Å²) in [4.78, 5) is 25.0. The van der Waals surface area contributed by atoms with Crippen LogP contribution in [0, 0.1) is 23.0 Å². The normalized spacial score (nSPS) is 13.2. The Morgan fingerprint density at radius 2 is 2.00 bits per heavy atom. The molecule has 0 fully saturated rings. The molecule has 1 aromatic carbocycles. The van der Waals surface area contributed by atoms with Gasteiger partial charge in [0.25, 0.3) is 5.91 Å². The van der Waals surface area contributed by atoms with Gasteiger partial charge in [0.2, 0.25) is 0 Å². The number of amides is 1. The van der Waals surface area contributed by atoms with Crippen LogP contribution in [0.3, 0.4) is 0 Å². The van der Waals surface area contributed by atoms with E-state index < -0.39 is 35.7 Å². The van der Waals surface area contributed by atoms with Crippen molar-refractivity contribution in [3.8, 4) is 6.07 Å². The first-order chi connectivity index (χ1) is 13.0. The van der Waals surface area contributed by atoms with Gasteiger partial charge in [-0.2, -0.15) is 5.26 Å².